The van der Waals surface area contributed by atoms with Crippen molar-refractivity contribution in [3.8, 4) is 0 Å². The average Bonchev–Trinajstić information content (AvgIpc) is 2.72. The van der Waals surface area contributed by atoms with Crippen molar-refractivity contribution < 1.29 is 0 Å². The molecule has 90 valence electrons. The molecular formula is C11H21N5. The Hall–Kier alpha value is -0.940. The van der Waals surface area contributed by atoms with E-state index in [1.807, 2.05) is 7.05 Å². The molecule has 1 aliphatic heterocycles. The molecule has 0 saturated carbocycles. The van der Waals surface area contributed by atoms with E-state index in [1.165, 1.54) is 19.4 Å². The Labute approximate surface area is 96.6 Å². The van der Waals surface area contributed by atoms with Gasteiger partial charge in [0.15, 0.2) is 5.82 Å². The topological polar surface area (TPSA) is 54.8 Å². The first-order valence-corrected chi connectivity index (χ1v) is 6.10. The Kier molecular flexibility index (Phi) is 4.30. The summed E-state index contributed by atoms with van der Waals surface area (Å²) in [7, 11) is 1.90. The van der Waals surface area contributed by atoms with Crippen molar-refractivity contribution in [3.05, 3.63) is 12.2 Å². The summed E-state index contributed by atoms with van der Waals surface area (Å²) in [5.41, 5.74) is 0. The Balaban J connectivity index is 1.57. The van der Waals surface area contributed by atoms with Gasteiger partial charge < -0.3 is 10.6 Å². The normalized spacial score (nSPS) is 21.2. The van der Waals surface area contributed by atoms with Crippen molar-refractivity contribution in [2.45, 2.75) is 19.3 Å². The summed E-state index contributed by atoms with van der Waals surface area (Å²) in [5.74, 6) is 1.72. The predicted molar refractivity (Wildman–Crippen MR) is 63.2 cm³/mol. The van der Waals surface area contributed by atoms with Gasteiger partial charge in [0.25, 0.3) is 0 Å². The Bertz CT molecular complexity index is 303. The Morgan fingerprint density at radius 1 is 1.62 bits per heavy atom. The minimum atomic E-state index is 0.797. The molecule has 2 rings (SSSR count). The van der Waals surface area contributed by atoms with E-state index < -0.39 is 0 Å². The third-order valence-corrected chi connectivity index (χ3v) is 3.00. The van der Waals surface area contributed by atoms with Crippen LogP contribution in [0.1, 0.15) is 18.7 Å². The number of aryl methyl sites for hydroxylation is 1. The summed E-state index contributed by atoms with van der Waals surface area (Å²) in [4.78, 5) is 4.20. The number of aromatic nitrogens is 3. The Morgan fingerprint density at radius 3 is 3.25 bits per heavy atom. The average molecular weight is 223 g/mol. The van der Waals surface area contributed by atoms with Gasteiger partial charge in [-0.05, 0) is 38.4 Å². The molecule has 1 atom stereocenters. The Morgan fingerprint density at radius 2 is 2.56 bits per heavy atom. The summed E-state index contributed by atoms with van der Waals surface area (Å²) < 4.78 is 1.75. The highest BCUT2D eigenvalue weighted by atomic mass is 15.3. The highest BCUT2D eigenvalue weighted by molar-refractivity contribution is 4.82. The number of hydrogen-bond donors (Lipinski definition) is 2. The molecule has 1 aromatic rings. The molecule has 1 aromatic heterocycles. The fourth-order valence-electron chi connectivity index (χ4n) is 2.10. The standard InChI is InChI=1S/C11H21N5/c1-16-9-14-11(15-16)4-6-13-8-10-3-2-5-12-7-10/h9-10,12-13H,2-8H2,1H3. The third-order valence-electron chi connectivity index (χ3n) is 3.00. The molecule has 1 saturated heterocycles. The fourth-order valence-corrected chi connectivity index (χ4v) is 2.10. The van der Waals surface area contributed by atoms with Crippen molar-refractivity contribution in [3.63, 3.8) is 0 Å². The lowest BCUT2D eigenvalue weighted by atomic mass is 10.00. The molecule has 16 heavy (non-hydrogen) atoms. The molecule has 0 aliphatic carbocycles. The summed E-state index contributed by atoms with van der Waals surface area (Å²) >= 11 is 0. The van der Waals surface area contributed by atoms with E-state index in [-0.39, 0.29) is 0 Å². The number of nitrogens with one attached hydrogen (secondary N) is 2. The number of hydrogen-bond acceptors (Lipinski definition) is 4. The van der Waals surface area contributed by atoms with Crippen LogP contribution in [0.15, 0.2) is 6.33 Å². The van der Waals surface area contributed by atoms with Gasteiger partial charge >= 0.3 is 0 Å². The monoisotopic (exact) mass is 223 g/mol. The molecule has 0 bridgehead atoms. The lowest BCUT2D eigenvalue weighted by Gasteiger charge is -2.22. The van der Waals surface area contributed by atoms with Gasteiger partial charge in [-0.2, -0.15) is 5.10 Å². The van der Waals surface area contributed by atoms with Crippen LogP contribution < -0.4 is 10.6 Å². The quantitative estimate of drug-likeness (QED) is 0.687. The first-order chi connectivity index (χ1) is 7.84. The van der Waals surface area contributed by atoms with Crippen LogP contribution >= 0.6 is 0 Å². The van der Waals surface area contributed by atoms with E-state index in [9.17, 15) is 0 Å². The minimum absolute atomic E-state index is 0.797. The maximum Gasteiger partial charge on any atom is 0.151 e. The number of piperidine rings is 1. The second kappa shape index (κ2) is 5.96. The largest absolute Gasteiger partial charge is 0.316 e. The zero-order chi connectivity index (χ0) is 11.2. The highest BCUT2D eigenvalue weighted by Crippen LogP contribution is 2.07. The number of rotatable bonds is 5. The highest BCUT2D eigenvalue weighted by Gasteiger charge is 2.11. The summed E-state index contributed by atoms with van der Waals surface area (Å²) in [6.07, 6.45) is 5.33. The molecule has 5 nitrogen and oxygen atoms in total. The van der Waals surface area contributed by atoms with Crippen molar-refractivity contribution in [1.82, 2.24) is 25.4 Å². The van der Waals surface area contributed by atoms with Gasteiger partial charge in [-0.25, -0.2) is 4.98 Å². The van der Waals surface area contributed by atoms with E-state index in [1.54, 1.807) is 11.0 Å². The van der Waals surface area contributed by atoms with Crippen LogP contribution in [-0.2, 0) is 13.5 Å². The summed E-state index contributed by atoms with van der Waals surface area (Å²) in [6.45, 7) is 4.43. The molecule has 2 N–H and O–H groups in total. The van der Waals surface area contributed by atoms with Crippen molar-refractivity contribution in [2.75, 3.05) is 26.2 Å². The van der Waals surface area contributed by atoms with Gasteiger partial charge in [0.05, 0.1) is 0 Å². The van der Waals surface area contributed by atoms with Crippen molar-refractivity contribution >= 4 is 0 Å². The first-order valence-electron chi connectivity index (χ1n) is 6.10. The minimum Gasteiger partial charge on any atom is -0.316 e. The molecule has 0 amide bonds. The van der Waals surface area contributed by atoms with Gasteiger partial charge in [0, 0.05) is 20.0 Å². The van der Waals surface area contributed by atoms with E-state index in [2.05, 4.69) is 20.7 Å². The number of nitrogens with zero attached hydrogens (tertiary/aromatic N) is 3. The second-order valence-corrected chi connectivity index (χ2v) is 4.50. The maximum absolute atomic E-state index is 4.25. The zero-order valence-corrected chi connectivity index (χ0v) is 9.95. The van der Waals surface area contributed by atoms with Gasteiger partial charge in [-0.1, -0.05) is 0 Å². The lowest BCUT2D eigenvalue weighted by Crippen LogP contribution is -2.36. The molecule has 1 aliphatic rings. The van der Waals surface area contributed by atoms with E-state index >= 15 is 0 Å². The lowest BCUT2D eigenvalue weighted by molar-refractivity contribution is 0.361. The van der Waals surface area contributed by atoms with Crippen LogP contribution in [0.3, 0.4) is 0 Å². The molecule has 0 spiro atoms. The fraction of sp³-hybridized carbons (Fsp3) is 0.818. The van der Waals surface area contributed by atoms with Gasteiger partial charge in [-0.3, -0.25) is 4.68 Å². The van der Waals surface area contributed by atoms with Crippen LogP contribution in [0.2, 0.25) is 0 Å². The van der Waals surface area contributed by atoms with E-state index in [0.717, 1.165) is 37.8 Å². The molecule has 1 unspecified atom stereocenters. The summed E-state index contributed by atoms with van der Waals surface area (Å²) in [5, 5.41) is 11.2. The second-order valence-electron chi connectivity index (χ2n) is 4.50. The summed E-state index contributed by atoms with van der Waals surface area (Å²) in [6, 6.07) is 0. The van der Waals surface area contributed by atoms with Gasteiger partial charge in [0.1, 0.15) is 6.33 Å². The van der Waals surface area contributed by atoms with E-state index in [0.29, 0.717) is 0 Å². The van der Waals surface area contributed by atoms with Crippen LogP contribution in [0, 0.1) is 5.92 Å². The van der Waals surface area contributed by atoms with Crippen molar-refractivity contribution in [1.29, 1.82) is 0 Å². The molecule has 1 fully saturated rings. The first kappa shape index (κ1) is 11.5. The molecular weight excluding hydrogens is 202 g/mol. The SMILES string of the molecule is Cn1cnc(CCNCC2CCCNC2)n1. The van der Waals surface area contributed by atoms with Crippen LogP contribution in [0.4, 0.5) is 0 Å². The van der Waals surface area contributed by atoms with Crippen LogP contribution in [0.5, 0.6) is 0 Å². The zero-order valence-electron chi connectivity index (χ0n) is 9.95. The molecule has 2 heterocycles. The van der Waals surface area contributed by atoms with Crippen molar-refractivity contribution in [2.24, 2.45) is 13.0 Å². The predicted octanol–water partition coefficient (Wildman–Crippen LogP) is -0.0532. The molecule has 0 aromatic carbocycles. The smallest absolute Gasteiger partial charge is 0.151 e. The van der Waals surface area contributed by atoms with E-state index in [4.69, 9.17) is 0 Å². The maximum atomic E-state index is 4.25. The van der Waals surface area contributed by atoms with Crippen LogP contribution in [-0.4, -0.2) is 40.9 Å². The van der Waals surface area contributed by atoms with Crippen LogP contribution in [0.25, 0.3) is 0 Å². The van der Waals surface area contributed by atoms with Gasteiger partial charge in [-0.15, -0.1) is 0 Å². The molecule has 0 radical (unpaired) electrons. The third kappa shape index (κ3) is 3.57. The van der Waals surface area contributed by atoms with Gasteiger partial charge in [0.2, 0.25) is 0 Å². The molecule has 5 heteroatoms.